The molecule has 116 valence electrons. The Balaban J connectivity index is 4.10. The molecule has 0 bridgehead atoms. The molecule has 0 saturated carbocycles. The van der Waals surface area contributed by atoms with Gasteiger partial charge in [-0.2, -0.15) is 0 Å². The van der Waals surface area contributed by atoms with Crippen molar-refractivity contribution in [2.75, 3.05) is 20.1 Å². The average Bonchev–Trinajstić information content (AvgIpc) is 2.38. The molecule has 0 aliphatic heterocycles. The van der Waals surface area contributed by atoms with Gasteiger partial charge in [0.2, 0.25) is 0 Å². The third-order valence-electron chi connectivity index (χ3n) is 4.63. The lowest BCUT2D eigenvalue weighted by Gasteiger charge is -2.43. The van der Waals surface area contributed by atoms with Gasteiger partial charge in [-0.15, -0.1) is 0 Å². The van der Waals surface area contributed by atoms with E-state index < -0.39 is 0 Å². The fourth-order valence-electron chi connectivity index (χ4n) is 3.24. The molecule has 1 unspecified atom stereocenters. The molecular formula is C17H38N2. The molecule has 0 heterocycles. The molecule has 0 aliphatic carbocycles. The molecule has 0 spiro atoms. The number of nitrogens with zero attached hydrogens (tertiary/aromatic N) is 1. The summed E-state index contributed by atoms with van der Waals surface area (Å²) >= 11 is 0. The first-order valence-electron chi connectivity index (χ1n) is 8.46. The van der Waals surface area contributed by atoms with E-state index in [1.165, 1.54) is 44.9 Å². The summed E-state index contributed by atoms with van der Waals surface area (Å²) in [6, 6.07) is 0.596. The van der Waals surface area contributed by atoms with E-state index in [1.807, 2.05) is 0 Å². The van der Waals surface area contributed by atoms with Crippen LogP contribution in [0.4, 0.5) is 0 Å². The van der Waals surface area contributed by atoms with Crippen LogP contribution < -0.4 is 5.32 Å². The number of nitrogens with one attached hydrogen (secondary N) is 1. The van der Waals surface area contributed by atoms with E-state index in [0.29, 0.717) is 6.04 Å². The quantitative estimate of drug-likeness (QED) is 0.527. The van der Waals surface area contributed by atoms with Crippen molar-refractivity contribution in [3.8, 4) is 0 Å². The zero-order chi connectivity index (χ0) is 14.7. The van der Waals surface area contributed by atoms with Gasteiger partial charge >= 0.3 is 0 Å². The van der Waals surface area contributed by atoms with Gasteiger partial charge in [0.25, 0.3) is 0 Å². The highest BCUT2D eigenvalue weighted by atomic mass is 15.2. The van der Waals surface area contributed by atoms with E-state index in [-0.39, 0.29) is 5.54 Å². The lowest BCUT2D eigenvalue weighted by molar-refractivity contribution is 0.0895. The minimum absolute atomic E-state index is 0.252. The summed E-state index contributed by atoms with van der Waals surface area (Å²) in [5.74, 6) is 0. The Morgan fingerprint density at radius 3 is 1.89 bits per heavy atom. The van der Waals surface area contributed by atoms with Crippen LogP contribution in [-0.2, 0) is 0 Å². The van der Waals surface area contributed by atoms with Crippen LogP contribution in [0.2, 0.25) is 0 Å². The van der Waals surface area contributed by atoms with Crippen LogP contribution in [0.15, 0.2) is 0 Å². The van der Waals surface area contributed by atoms with E-state index in [1.54, 1.807) is 0 Å². The first-order valence-corrected chi connectivity index (χ1v) is 8.46. The summed E-state index contributed by atoms with van der Waals surface area (Å²) in [6.45, 7) is 13.9. The maximum Gasteiger partial charge on any atom is 0.0305 e. The highest BCUT2D eigenvalue weighted by Gasteiger charge is 2.32. The van der Waals surface area contributed by atoms with Crippen molar-refractivity contribution in [3.63, 3.8) is 0 Å². The van der Waals surface area contributed by atoms with E-state index in [9.17, 15) is 0 Å². The number of unbranched alkanes of at least 4 members (excludes halogenated alkanes) is 5. The first-order chi connectivity index (χ1) is 9.04. The predicted molar refractivity (Wildman–Crippen MR) is 87.8 cm³/mol. The van der Waals surface area contributed by atoms with Crippen molar-refractivity contribution in [2.24, 2.45) is 0 Å². The number of hydrogen-bond acceptors (Lipinski definition) is 2. The number of likely N-dealkylation sites (N-methyl/N-ethyl adjacent to an activating group) is 2. The van der Waals surface area contributed by atoms with Gasteiger partial charge in [-0.3, -0.25) is 4.90 Å². The highest BCUT2D eigenvalue weighted by molar-refractivity contribution is 4.92. The normalized spacial score (nSPS) is 14.1. The molecule has 0 aromatic heterocycles. The van der Waals surface area contributed by atoms with E-state index in [2.05, 4.69) is 51.9 Å². The summed E-state index contributed by atoms with van der Waals surface area (Å²) < 4.78 is 0. The molecule has 2 nitrogen and oxygen atoms in total. The molecule has 0 saturated heterocycles. The van der Waals surface area contributed by atoms with Crippen LogP contribution in [0.25, 0.3) is 0 Å². The molecule has 1 atom stereocenters. The third-order valence-corrected chi connectivity index (χ3v) is 4.63. The standard InChI is InChI=1S/C17H38N2/c1-7-10-11-12-13-14-15-16(18-6)17(4,5)19(8-2)9-3/h16,18H,7-15H2,1-6H3. The second-order valence-electron chi connectivity index (χ2n) is 6.22. The largest absolute Gasteiger partial charge is 0.315 e. The Hall–Kier alpha value is -0.0800. The molecule has 19 heavy (non-hydrogen) atoms. The molecule has 0 aromatic rings. The van der Waals surface area contributed by atoms with Gasteiger partial charge in [-0.1, -0.05) is 59.3 Å². The molecule has 1 N–H and O–H groups in total. The van der Waals surface area contributed by atoms with Crippen LogP contribution in [0.5, 0.6) is 0 Å². The van der Waals surface area contributed by atoms with Crippen molar-refractivity contribution in [1.29, 1.82) is 0 Å². The van der Waals surface area contributed by atoms with Gasteiger partial charge in [0.15, 0.2) is 0 Å². The summed E-state index contributed by atoms with van der Waals surface area (Å²) in [4.78, 5) is 2.57. The van der Waals surface area contributed by atoms with Crippen LogP contribution in [0.1, 0.15) is 79.6 Å². The lowest BCUT2D eigenvalue weighted by Crippen LogP contribution is -2.56. The first kappa shape index (κ1) is 18.9. The SMILES string of the molecule is CCCCCCCCC(NC)C(C)(C)N(CC)CC. The fourth-order valence-corrected chi connectivity index (χ4v) is 3.24. The van der Waals surface area contributed by atoms with Gasteiger partial charge in [0, 0.05) is 11.6 Å². The summed E-state index contributed by atoms with van der Waals surface area (Å²) in [5, 5.41) is 3.55. The monoisotopic (exact) mass is 270 g/mol. The Morgan fingerprint density at radius 2 is 1.42 bits per heavy atom. The topological polar surface area (TPSA) is 15.3 Å². The molecule has 0 radical (unpaired) electrons. The second kappa shape index (κ2) is 10.7. The summed E-state index contributed by atoms with van der Waals surface area (Å²) in [6.07, 6.45) is 9.63. The number of rotatable bonds is 12. The predicted octanol–water partition coefficient (Wildman–Crippen LogP) is 4.45. The van der Waals surface area contributed by atoms with E-state index in [0.717, 1.165) is 13.1 Å². The van der Waals surface area contributed by atoms with Crippen molar-refractivity contribution in [3.05, 3.63) is 0 Å². The molecule has 2 heteroatoms. The molecule has 0 aromatic carbocycles. The number of hydrogen-bond donors (Lipinski definition) is 1. The Kier molecular flexibility index (Phi) is 10.6. The van der Waals surface area contributed by atoms with Crippen molar-refractivity contribution in [2.45, 2.75) is 91.1 Å². The Morgan fingerprint density at radius 1 is 0.895 bits per heavy atom. The third kappa shape index (κ3) is 6.76. The molecular weight excluding hydrogens is 232 g/mol. The molecule has 0 fully saturated rings. The van der Waals surface area contributed by atoms with Gasteiger partial charge in [0.05, 0.1) is 0 Å². The smallest absolute Gasteiger partial charge is 0.0305 e. The zero-order valence-corrected chi connectivity index (χ0v) is 14.4. The fraction of sp³-hybridized carbons (Fsp3) is 1.00. The average molecular weight is 271 g/mol. The van der Waals surface area contributed by atoms with Gasteiger partial charge in [-0.25, -0.2) is 0 Å². The maximum atomic E-state index is 3.55. The zero-order valence-electron chi connectivity index (χ0n) is 14.4. The van der Waals surface area contributed by atoms with E-state index >= 15 is 0 Å². The molecule has 0 amide bonds. The summed E-state index contributed by atoms with van der Waals surface area (Å²) in [5.41, 5.74) is 0.252. The van der Waals surface area contributed by atoms with Crippen LogP contribution >= 0.6 is 0 Å². The minimum Gasteiger partial charge on any atom is -0.315 e. The van der Waals surface area contributed by atoms with Crippen molar-refractivity contribution < 1.29 is 0 Å². The lowest BCUT2D eigenvalue weighted by atomic mass is 9.88. The van der Waals surface area contributed by atoms with Gasteiger partial charge in [0.1, 0.15) is 0 Å². The second-order valence-corrected chi connectivity index (χ2v) is 6.22. The van der Waals surface area contributed by atoms with Crippen LogP contribution in [0, 0.1) is 0 Å². The molecule has 0 rings (SSSR count). The van der Waals surface area contributed by atoms with Crippen LogP contribution in [0.3, 0.4) is 0 Å². The van der Waals surface area contributed by atoms with Crippen LogP contribution in [-0.4, -0.2) is 36.6 Å². The van der Waals surface area contributed by atoms with Crippen molar-refractivity contribution in [1.82, 2.24) is 10.2 Å². The van der Waals surface area contributed by atoms with Crippen molar-refractivity contribution >= 4 is 0 Å². The highest BCUT2D eigenvalue weighted by Crippen LogP contribution is 2.23. The van der Waals surface area contributed by atoms with Gasteiger partial charge < -0.3 is 5.32 Å². The molecule has 0 aliphatic rings. The Bertz CT molecular complexity index is 197. The maximum absolute atomic E-state index is 3.55. The minimum atomic E-state index is 0.252. The van der Waals surface area contributed by atoms with Gasteiger partial charge in [-0.05, 0) is 40.4 Å². The summed E-state index contributed by atoms with van der Waals surface area (Å²) in [7, 11) is 2.12. The van der Waals surface area contributed by atoms with E-state index in [4.69, 9.17) is 0 Å². The Labute approximate surface area is 122 Å².